The molecule has 1 fully saturated rings. The van der Waals surface area contributed by atoms with Crippen molar-refractivity contribution in [2.75, 3.05) is 37.7 Å². The lowest BCUT2D eigenvalue weighted by Crippen LogP contribution is -2.50. The first kappa shape index (κ1) is 26.1. The van der Waals surface area contributed by atoms with Gasteiger partial charge < -0.3 is 30.7 Å². The van der Waals surface area contributed by atoms with E-state index in [-0.39, 0.29) is 17.2 Å². The average Bonchev–Trinajstić information content (AvgIpc) is 3.14. The number of pyridine rings is 1. The van der Waals surface area contributed by atoms with E-state index in [0.29, 0.717) is 66.8 Å². The van der Waals surface area contributed by atoms with Crippen LogP contribution in [0.15, 0.2) is 34.2 Å². The van der Waals surface area contributed by atoms with Crippen molar-refractivity contribution in [3.8, 4) is 5.75 Å². The monoisotopic (exact) mass is 543 g/mol. The molecule has 3 aliphatic rings. The minimum Gasteiger partial charge on any atom is -0.492 e. The third kappa shape index (κ3) is 4.87. The topological polar surface area (TPSA) is 124 Å². The number of fused-ring (bicyclic) bond motifs is 2. The van der Waals surface area contributed by atoms with Crippen molar-refractivity contribution in [3.05, 3.63) is 51.8 Å². The summed E-state index contributed by atoms with van der Waals surface area (Å²) in [6.07, 6.45) is 0.0480. The maximum absolute atomic E-state index is 15.5. The Morgan fingerprint density at radius 3 is 2.55 bits per heavy atom. The van der Waals surface area contributed by atoms with E-state index >= 15 is 4.39 Å². The molecular weight excluding hydrogens is 509 g/mol. The zero-order valence-electron chi connectivity index (χ0n) is 22.1. The van der Waals surface area contributed by atoms with E-state index in [1.165, 1.54) is 6.07 Å². The number of hydrogen-bond donors (Lipinski definition) is 3. The lowest BCUT2D eigenvalue weighted by Gasteiger charge is -2.37. The van der Waals surface area contributed by atoms with Crippen molar-refractivity contribution in [3.63, 3.8) is 0 Å². The molecule has 2 aromatic rings. The number of carbonyl (C=O) groups is 2. The summed E-state index contributed by atoms with van der Waals surface area (Å²) in [7, 11) is -1.30. The fourth-order valence-electron chi connectivity index (χ4n) is 5.13. The van der Waals surface area contributed by atoms with E-state index in [4.69, 9.17) is 25.9 Å². The van der Waals surface area contributed by atoms with Gasteiger partial charge >= 0.3 is 6.09 Å². The fraction of sp³-hybridized carbons (Fsp3) is 0.444. The summed E-state index contributed by atoms with van der Waals surface area (Å²) >= 11 is 0. The number of halogens is 1. The second kappa shape index (κ2) is 9.68. The maximum Gasteiger partial charge on any atom is 0.410 e. The summed E-state index contributed by atoms with van der Waals surface area (Å²) in [5, 5.41) is 0.565. The highest BCUT2D eigenvalue weighted by atomic mass is 32.2. The van der Waals surface area contributed by atoms with E-state index < -0.39 is 22.4 Å². The first-order valence-electron chi connectivity index (χ1n) is 12.7. The summed E-state index contributed by atoms with van der Waals surface area (Å²) in [4.78, 5) is 33.6. The summed E-state index contributed by atoms with van der Waals surface area (Å²) in [6, 6.07) is 7.09. The van der Waals surface area contributed by atoms with Crippen molar-refractivity contribution in [1.82, 2.24) is 9.88 Å². The van der Waals surface area contributed by atoms with Crippen LogP contribution in [0.5, 0.6) is 5.75 Å². The van der Waals surface area contributed by atoms with E-state index in [2.05, 4.69) is 0 Å². The second-order valence-electron chi connectivity index (χ2n) is 10.8. The molecule has 9 nitrogen and oxygen atoms in total. The number of hydrogen-bond acceptors (Lipinski definition) is 7. The third-order valence-electron chi connectivity index (χ3n) is 6.93. The Hall–Kier alpha value is -3.47. The van der Waals surface area contributed by atoms with Crippen LogP contribution >= 0.6 is 10.9 Å². The molecule has 2 atom stereocenters. The number of aryl methyl sites for hydroxylation is 1. The lowest BCUT2D eigenvalue weighted by atomic mass is 10.0. The van der Waals surface area contributed by atoms with E-state index in [1.807, 2.05) is 50.8 Å². The molecule has 0 spiro atoms. The van der Waals surface area contributed by atoms with Crippen LogP contribution in [0.3, 0.4) is 0 Å². The first-order valence-corrected chi connectivity index (χ1v) is 14.1. The van der Waals surface area contributed by atoms with E-state index in [9.17, 15) is 9.59 Å². The normalized spacial score (nSPS) is 22.0. The van der Waals surface area contributed by atoms with Gasteiger partial charge in [-0.3, -0.25) is 4.79 Å². The Kier molecular flexibility index (Phi) is 6.66. The fourth-order valence-corrected chi connectivity index (χ4v) is 7.98. The van der Waals surface area contributed by atoms with Crippen molar-refractivity contribution in [1.29, 1.82) is 0 Å². The molecule has 1 saturated heterocycles. The Morgan fingerprint density at radius 1 is 1.18 bits per heavy atom. The van der Waals surface area contributed by atoms with Crippen LogP contribution in [0.25, 0.3) is 5.70 Å². The summed E-state index contributed by atoms with van der Waals surface area (Å²) in [6.45, 7) is 9.77. The number of benzene rings is 1. The molecule has 0 bridgehead atoms. The van der Waals surface area contributed by atoms with Gasteiger partial charge in [-0.05, 0) is 52.3 Å². The van der Waals surface area contributed by atoms with Gasteiger partial charge in [-0.1, -0.05) is 0 Å². The molecule has 1 aromatic carbocycles. The maximum atomic E-state index is 15.5. The number of ether oxygens (including phenoxy) is 2. The van der Waals surface area contributed by atoms with Gasteiger partial charge in [0.2, 0.25) is 0 Å². The number of nitrogens with zero attached hydrogens (tertiary/aromatic N) is 3. The van der Waals surface area contributed by atoms with Gasteiger partial charge in [-0.2, -0.15) is 10.9 Å². The molecule has 1 unspecified atom stereocenters. The van der Waals surface area contributed by atoms with Gasteiger partial charge in [0, 0.05) is 60.0 Å². The van der Waals surface area contributed by atoms with Crippen molar-refractivity contribution in [2.24, 2.45) is 11.5 Å². The number of piperazine rings is 1. The molecule has 3 aliphatic heterocycles. The number of primary amides is 1. The second-order valence-corrected chi connectivity index (χ2v) is 13.2. The van der Waals surface area contributed by atoms with E-state index in [1.54, 1.807) is 4.90 Å². The molecule has 1 aromatic heterocycles. The number of rotatable bonds is 3. The van der Waals surface area contributed by atoms with Gasteiger partial charge in [0.15, 0.2) is 0 Å². The summed E-state index contributed by atoms with van der Waals surface area (Å²) in [5.74, 6) is -0.438. The molecule has 204 valence electrons. The van der Waals surface area contributed by atoms with Gasteiger partial charge in [0.05, 0.1) is 22.2 Å². The van der Waals surface area contributed by atoms with Gasteiger partial charge in [0.1, 0.15) is 17.2 Å². The number of carbonyl (C=O) groups excluding carboxylic acids is 2. The lowest BCUT2D eigenvalue weighted by molar-refractivity contribution is -0.113. The molecule has 4 N–H and O–H groups in total. The van der Waals surface area contributed by atoms with E-state index in [0.717, 1.165) is 16.3 Å². The number of amides is 2. The average molecular weight is 544 g/mol. The smallest absolute Gasteiger partial charge is 0.410 e. The zero-order chi connectivity index (χ0) is 27.4. The van der Waals surface area contributed by atoms with Crippen LogP contribution in [-0.4, -0.2) is 65.5 Å². The van der Waals surface area contributed by atoms with Crippen LogP contribution in [0.1, 0.15) is 37.6 Å². The Balaban J connectivity index is 1.34. The van der Waals surface area contributed by atoms with Gasteiger partial charge in [-0.25, -0.2) is 14.2 Å². The first-order chi connectivity index (χ1) is 17.9. The number of anilines is 1. The third-order valence-corrected chi connectivity index (χ3v) is 9.74. The highest BCUT2D eigenvalue weighted by Crippen LogP contribution is 2.57. The molecule has 0 aliphatic carbocycles. The molecule has 0 saturated carbocycles. The van der Waals surface area contributed by atoms with Crippen LogP contribution < -0.4 is 21.1 Å². The minimum absolute atomic E-state index is 0.188. The molecule has 4 heterocycles. The largest absolute Gasteiger partial charge is 0.492 e. The van der Waals surface area contributed by atoms with Crippen LogP contribution in [0, 0.1) is 12.7 Å². The van der Waals surface area contributed by atoms with Crippen LogP contribution in [0.4, 0.5) is 14.9 Å². The van der Waals surface area contributed by atoms with Crippen LogP contribution in [0.2, 0.25) is 0 Å². The summed E-state index contributed by atoms with van der Waals surface area (Å²) < 4.78 is 27.1. The van der Waals surface area contributed by atoms with Gasteiger partial charge in [0.25, 0.3) is 5.91 Å². The highest BCUT2D eigenvalue weighted by molar-refractivity contribution is 8.22. The predicted octanol–water partition coefficient (Wildman–Crippen LogP) is 3.08. The predicted molar refractivity (Wildman–Crippen MR) is 146 cm³/mol. The molecule has 5 rings (SSSR count). The Bertz CT molecular complexity index is 1330. The number of nitrogens with two attached hydrogens (primary N) is 2. The number of thiol groups is 1. The Labute approximate surface area is 224 Å². The quantitative estimate of drug-likeness (QED) is 0.509. The molecule has 11 heteroatoms. The molecule has 38 heavy (non-hydrogen) atoms. The SMILES string of the molecule is Cc1ccc2c(n1)[SH]([C@H]1COc3cc(N4CCN(C(=O)OC(C)(C)C)CC4)cc(F)c3C1)C(C(N)=O)=C2N. The molecule has 0 radical (unpaired) electrons. The van der Waals surface area contributed by atoms with Crippen LogP contribution in [-0.2, 0) is 16.0 Å². The standard InChI is InChI=1S/C27H34FN5O4S/c1-15-5-6-18-22(29)23(24(30)34)38(25(18)31-15)17-13-19-20(28)11-16(12-21(19)36-14-17)32-7-9-33(10-8-32)26(35)37-27(2,3)4/h5-6,11-12,17,38H,7-10,13-14,29H2,1-4H3,(H2,30,34)/t17-/m1/s1. The van der Waals surface area contributed by atoms with Crippen molar-refractivity contribution in [2.45, 2.75) is 50.0 Å². The minimum atomic E-state index is -1.30. The molecule has 2 amide bonds. The highest BCUT2D eigenvalue weighted by Gasteiger charge is 2.40. The number of aromatic nitrogens is 1. The Morgan fingerprint density at radius 2 is 1.89 bits per heavy atom. The zero-order valence-corrected chi connectivity index (χ0v) is 23.0. The molecular formula is C27H34FN5O4S. The van der Waals surface area contributed by atoms with Gasteiger partial charge in [-0.15, -0.1) is 0 Å². The van der Waals surface area contributed by atoms with Crippen molar-refractivity contribution >= 4 is 34.3 Å². The van der Waals surface area contributed by atoms with Crippen molar-refractivity contribution < 1.29 is 23.5 Å². The summed E-state index contributed by atoms with van der Waals surface area (Å²) in [5.41, 5.74) is 14.6.